The maximum absolute atomic E-state index is 10.6. The van der Waals surface area contributed by atoms with Gasteiger partial charge in [0.25, 0.3) is 0 Å². The van der Waals surface area contributed by atoms with Crippen LogP contribution in [-0.2, 0) is 4.79 Å². The van der Waals surface area contributed by atoms with Crippen LogP contribution in [-0.4, -0.2) is 30.8 Å². The zero-order valence-electron chi connectivity index (χ0n) is 12.7. The number of carboxylic acid groups (broad SMARTS) is 1. The molecule has 0 amide bonds. The molecule has 0 bridgehead atoms. The van der Waals surface area contributed by atoms with E-state index >= 15 is 0 Å². The number of nitrogens with one attached hydrogen (secondary N) is 1. The van der Waals surface area contributed by atoms with Crippen molar-refractivity contribution in [3.8, 4) is 5.75 Å². The van der Waals surface area contributed by atoms with Crippen LogP contribution in [0.2, 0.25) is 5.02 Å². The van der Waals surface area contributed by atoms with Crippen LogP contribution in [0.25, 0.3) is 0 Å². The van der Waals surface area contributed by atoms with Gasteiger partial charge in [-0.25, -0.2) is 0 Å². The van der Waals surface area contributed by atoms with E-state index in [0.29, 0.717) is 18.1 Å². The minimum Gasteiger partial charge on any atom is -0.492 e. The molecule has 0 heterocycles. The smallest absolute Gasteiger partial charge is 0.303 e. The lowest BCUT2D eigenvalue weighted by Crippen LogP contribution is -2.26. The first-order chi connectivity index (χ1) is 9.89. The molecule has 0 aliphatic rings. The van der Waals surface area contributed by atoms with E-state index in [9.17, 15) is 4.79 Å². The Morgan fingerprint density at radius 3 is 2.76 bits per heavy atom. The molecule has 4 nitrogen and oxygen atoms in total. The molecule has 1 aromatic carbocycles. The van der Waals surface area contributed by atoms with Gasteiger partial charge in [0, 0.05) is 18.0 Å². The average molecular weight is 314 g/mol. The van der Waals surface area contributed by atoms with Crippen LogP contribution < -0.4 is 10.1 Å². The van der Waals surface area contributed by atoms with Gasteiger partial charge < -0.3 is 15.2 Å². The van der Waals surface area contributed by atoms with Gasteiger partial charge in [-0.3, -0.25) is 4.79 Å². The van der Waals surface area contributed by atoms with Gasteiger partial charge in [-0.05, 0) is 43.0 Å². The van der Waals surface area contributed by atoms with Crippen molar-refractivity contribution in [3.63, 3.8) is 0 Å². The number of ether oxygens (including phenoxy) is 1. The van der Waals surface area contributed by atoms with Crippen molar-refractivity contribution in [2.75, 3.05) is 19.7 Å². The highest BCUT2D eigenvalue weighted by atomic mass is 35.5. The van der Waals surface area contributed by atoms with E-state index in [1.807, 2.05) is 18.2 Å². The fourth-order valence-corrected chi connectivity index (χ4v) is 2.10. The van der Waals surface area contributed by atoms with Crippen LogP contribution in [0.15, 0.2) is 24.3 Å². The maximum atomic E-state index is 10.6. The third-order valence-corrected chi connectivity index (χ3v) is 3.57. The predicted molar refractivity (Wildman–Crippen MR) is 85.1 cm³/mol. The minimum atomic E-state index is -0.731. The van der Waals surface area contributed by atoms with Crippen molar-refractivity contribution in [2.24, 2.45) is 5.41 Å². The van der Waals surface area contributed by atoms with E-state index in [1.165, 1.54) is 0 Å². The Bertz CT molecular complexity index is 449. The maximum Gasteiger partial charge on any atom is 0.303 e. The third kappa shape index (κ3) is 8.58. The van der Waals surface area contributed by atoms with Gasteiger partial charge in [0.2, 0.25) is 0 Å². The number of carbonyl (C=O) groups is 1. The highest BCUT2D eigenvalue weighted by Gasteiger charge is 2.18. The summed E-state index contributed by atoms with van der Waals surface area (Å²) in [4.78, 5) is 10.6. The quantitative estimate of drug-likeness (QED) is 0.648. The SMILES string of the molecule is CC(C)(CCNCCOc1cccc(Cl)c1)CCC(=O)O. The molecule has 2 N–H and O–H groups in total. The van der Waals surface area contributed by atoms with Crippen LogP contribution >= 0.6 is 11.6 Å². The Morgan fingerprint density at radius 2 is 2.10 bits per heavy atom. The fraction of sp³-hybridized carbons (Fsp3) is 0.562. The van der Waals surface area contributed by atoms with E-state index < -0.39 is 5.97 Å². The number of rotatable bonds is 10. The van der Waals surface area contributed by atoms with Gasteiger partial charge in [-0.2, -0.15) is 0 Å². The number of benzene rings is 1. The van der Waals surface area contributed by atoms with Crippen molar-refractivity contribution < 1.29 is 14.6 Å². The number of hydrogen-bond donors (Lipinski definition) is 2. The summed E-state index contributed by atoms with van der Waals surface area (Å²) in [6.07, 6.45) is 1.87. The zero-order chi connectivity index (χ0) is 15.7. The van der Waals surface area contributed by atoms with E-state index in [1.54, 1.807) is 6.07 Å². The van der Waals surface area contributed by atoms with Crippen molar-refractivity contribution >= 4 is 17.6 Å². The molecule has 0 aliphatic heterocycles. The third-order valence-electron chi connectivity index (χ3n) is 3.34. The lowest BCUT2D eigenvalue weighted by atomic mass is 9.84. The molecule has 0 aliphatic carbocycles. The highest BCUT2D eigenvalue weighted by Crippen LogP contribution is 2.25. The number of hydrogen-bond acceptors (Lipinski definition) is 3. The predicted octanol–water partition coefficient (Wildman–Crippen LogP) is 3.59. The summed E-state index contributed by atoms with van der Waals surface area (Å²) in [5.74, 6) is 0.0389. The molecule has 0 saturated carbocycles. The molecule has 1 rings (SSSR count). The van der Waals surface area contributed by atoms with Gasteiger partial charge in [0.15, 0.2) is 0 Å². The molecule has 0 spiro atoms. The Hall–Kier alpha value is -1.26. The summed E-state index contributed by atoms with van der Waals surface area (Å²) in [5, 5.41) is 12.7. The molecule has 21 heavy (non-hydrogen) atoms. The molecule has 0 saturated heterocycles. The van der Waals surface area contributed by atoms with E-state index in [0.717, 1.165) is 25.3 Å². The Kier molecular flexibility index (Phi) is 7.54. The fourth-order valence-electron chi connectivity index (χ4n) is 1.92. The summed E-state index contributed by atoms with van der Waals surface area (Å²) < 4.78 is 5.57. The second-order valence-electron chi connectivity index (χ2n) is 5.86. The standard InChI is InChI=1S/C16H24ClNO3/c1-16(2,7-6-15(19)20)8-9-18-10-11-21-14-5-3-4-13(17)12-14/h3-5,12,18H,6-11H2,1-2H3,(H,19,20). The van der Waals surface area contributed by atoms with E-state index in [2.05, 4.69) is 19.2 Å². The molecule has 5 heteroatoms. The van der Waals surface area contributed by atoms with Gasteiger partial charge in [-0.1, -0.05) is 31.5 Å². The average Bonchev–Trinajstić information content (AvgIpc) is 2.41. The molecule has 0 unspecified atom stereocenters. The number of halogens is 1. The van der Waals surface area contributed by atoms with Gasteiger partial charge in [-0.15, -0.1) is 0 Å². The van der Waals surface area contributed by atoms with Gasteiger partial charge in [0.05, 0.1) is 0 Å². The molecule has 0 aromatic heterocycles. The Morgan fingerprint density at radius 1 is 1.33 bits per heavy atom. The highest BCUT2D eigenvalue weighted by molar-refractivity contribution is 6.30. The van der Waals surface area contributed by atoms with Crippen LogP contribution in [0.5, 0.6) is 5.75 Å². The summed E-state index contributed by atoms with van der Waals surface area (Å²) in [7, 11) is 0. The second kappa shape index (κ2) is 8.90. The first-order valence-electron chi connectivity index (χ1n) is 7.20. The van der Waals surface area contributed by atoms with Crippen molar-refractivity contribution in [1.29, 1.82) is 0 Å². The number of aliphatic carboxylic acids is 1. The Balaban J connectivity index is 2.10. The lowest BCUT2D eigenvalue weighted by Gasteiger charge is -2.23. The Labute approximate surface area is 131 Å². The molecular weight excluding hydrogens is 290 g/mol. The summed E-state index contributed by atoms with van der Waals surface area (Å²) in [5.41, 5.74) is 0.0409. The molecule has 0 radical (unpaired) electrons. The zero-order valence-corrected chi connectivity index (χ0v) is 13.4. The van der Waals surface area contributed by atoms with Crippen LogP contribution in [0.4, 0.5) is 0 Å². The largest absolute Gasteiger partial charge is 0.492 e. The van der Waals surface area contributed by atoms with Crippen molar-refractivity contribution in [2.45, 2.75) is 33.1 Å². The van der Waals surface area contributed by atoms with Crippen LogP contribution in [0.3, 0.4) is 0 Å². The normalized spacial score (nSPS) is 11.4. The molecule has 1 aromatic rings. The molecular formula is C16H24ClNO3. The minimum absolute atomic E-state index is 0.0409. The van der Waals surface area contributed by atoms with Gasteiger partial charge in [0.1, 0.15) is 12.4 Å². The summed E-state index contributed by atoms with van der Waals surface area (Å²) in [6.45, 7) is 6.38. The molecule has 0 fully saturated rings. The molecule has 118 valence electrons. The number of carboxylic acids is 1. The first kappa shape index (κ1) is 17.8. The monoisotopic (exact) mass is 313 g/mol. The van der Waals surface area contributed by atoms with Crippen molar-refractivity contribution in [1.82, 2.24) is 5.32 Å². The van der Waals surface area contributed by atoms with E-state index in [4.69, 9.17) is 21.4 Å². The summed E-state index contributed by atoms with van der Waals surface area (Å²) >= 11 is 5.87. The first-order valence-corrected chi connectivity index (χ1v) is 7.58. The topological polar surface area (TPSA) is 58.6 Å². The second-order valence-corrected chi connectivity index (χ2v) is 6.30. The van der Waals surface area contributed by atoms with Crippen molar-refractivity contribution in [3.05, 3.63) is 29.3 Å². The van der Waals surface area contributed by atoms with Crippen LogP contribution in [0.1, 0.15) is 33.1 Å². The lowest BCUT2D eigenvalue weighted by molar-refractivity contribution is -0.137. The van der Waals surface area contributed by atoms with Gasteiger partial charge >= 0.3 is 5.97 Å². The summed E-state index contributed by atoms with van der Waals surface area (Å²) in [6, 6.07) is 7.33. The van der Waals surface area contributed by atoms with E-state index in [-0.39, 0.29) is 11.8 Å². The molecule has 0 atom stereocenters. The van der Waals surface area contributed by atoms with Crippen LogP contribution in [0, 0.1) is 5.41 Å².